The highest BCUT2D eigenvalue weighted by atomic mass is 79.9. The lowest BCUT2D eigenvalue weighted by atomic mass is 9.97. The molecule has 20 heavy (non-hydrogen) atoms. The number of nitrogens with two attached hydrogens (primary N) is 2. The first-order valence-corrected chi connectivity index (χ1v) is 6.75. The summed E-state index contributed by atoms with van der Waals surface area (Å²) in [6.45, 7) is 0. The zero-order valence-electron chi connectivity index (χ0n) is 10.5. The Morgan fingerprint density at radius 3 is 2.55 bits per heavy atom. The number of hydrazine groups is 1. The summed E-state index contributed by atoms with van der Waals surface area (Å²) in [6, 6.07) is 8.33. The second kappa shape index (κ2) is 6.30. The summed E-state index contributed by atoms with van der Waals surface area (Å²) in [6.07, 6.45) is 0.267. The molecule has 0 aliphatic rings. The minimum absolute atomic E-state index is 0.267. The Kier molecular flexibility index (Phi) is 4.69. The van der Waals surface area contributed by atoms with Gasteiger partial charge in [-0.05, 0) is 47.9 Å². The molecule has 1 unspecified atom stereocenters. The molecule has 1 atom stereocenters. The molecule has 0 radical (unpaired) electrons. The highest BCUT2D eigenvalue weighted by Crippen LogP contribution is 2.26. The number of nitrogen functional groups attached to an aromatic ring is 1. The molecule has 0 saturated carbocycles. The molecule has 2 aromatic carbocycles. The van der Waals surface area contributed by atoms with Crippen molar-refractivity contribution in [2.24, 2.45) is 5.84 Å². The fourth-order valence-electron chi connectivity index (χ4n) is 2.01. The Morgan fingerprint density at radius 1 is 1.15 bits per heavy atom. The number of halogens is 3. The topological polar surface area (TPSA) is 64.1 Å². The summed E-state index contributed by atoms with van der Waals surface area (Å²) in [5.41, 5.74) is 9.76. The Bertz CT molecular complexity index is 619. The van der Waals surface area contributed by atoms with Crippen LogP contribution >= 0.6 is 15.9 Å². The van der Waals surface area contributed by atoms with Crippen LogP contribution in [0.2, 0.25) is 0 Å². The van der Waals surface area contributed by atoms with Crippen molar-refractivity contribution in [2.75, 3.05) is 5.73 Å². The molecule has 5 N–H and O–H groups in total. The van der Waals surface area contributed by atoms with E-state index in [0.29, 0.717) is 21.3 Å². The second-order valence-corrected chi connectivity index (χ2v) is 5.35. The Morgan fingerprint density at radius 2 is 1.90 bits per heavy atom. The zero-order valence-corrected chi connectivity index (χ0v) is 12.1. The summed E-state index contributed by atoms with van der Waals surface area (Å²) >= 11 is 3.20. The monoisotopic (exact) mass is 341 g/mol. The lowest BCUT2D eigenvalue weighted by Crippen LogP contribution is -2.30. The van der Waals surface area contributed by atoms with E-state index in [2.05, 4.69) is 21.4 Å². The predicted octanol–water partition coefficient (Wildman–Crippen LogP) is 3.06. The Balaban J connectivity index is 2.31. The molecule has 6 heteroatoms. The number of rotatable bonds is 4. The van der Waals surface area contributed by atoms with E-state index in [-0.39, 0.29) is 12.2 Å². The van der Waals surface area contributed by atoms with Crippen LogP contribution in [0.4, 0.5) is 14.5 Å². The number of benzene rings is 2. The van der Waals surface area contributed by atoms with E-state index in [1.807, 2.05) is 0 Å². The van der Waals surface area contributed by atoms with Gasteiger partial charge in [0.15, 0.2) is 0 Å². The molecule has 0 aliphatic carbocycles. The van der Waals surface area contributed by atoms with Crippen molar-refractivity contribution in [2.45, 2.75) is 12.5 Å². The molecule has 0 aliphatic heterocycles. The zero-order chi connectivity index (χ0) is 14.7. The van der Waals surface area contributed by atoms with Crippen molar-refractivity contribution in [1.29, 1.82) is 0 Å². The average Bonchev–Trinajstić information content (AvgIpc) is 2.41. The van der Waals surface area contributed by atoms with Crippen molar-refractivity contribution < 1.29 is 8.78 Å². The largest absolute Gasteiger partial charge is 0.398 e. The molecule has 0 bridgehead atoms. The van der Waals surface area contributed by atoms with Gasteiger partial charge in [-0.15, -0.1) is 0 Å². The SMILES string of the molecule is NNC(Cc1ccc(Br)cc1F)c1cc(F)ccc1N. The number of hydrogen-bond donors (Lipinski definition) is 3. The minimum atomic E-state index is -0.471. The maximum absolute atomic E-state index is 13.8. The first-order chi connectivity index (χ1) is 9.51. The fraction of sp³-hybridized carbons (Fsp3) is 0.143. The van der Waals surface area contributed by atoms with E-state index in [1.165, 1.54) is 24.3 Å². The maximum Gasteiger partial charge on any atom is 0.127 e. The van der Waals surface area contributed by atoms with Crippen LogP contribution in [0.15, 0.2) is 40.9 Å². The van der Waals surface area contributed by atoms with Gasteiger partial charge in [-0.3, -0.25) is 11.3 Å². The third-order valence-corrected chi connectivity index (χ3v) is 3.56. The standard InChI is InChI=1S/C14H14BrF2N3/c15-9-2-1-8(12(17)6-9)5-14(20-19)11-7-10(16)3-4-13(11)18/h1-4,6-7,14,20H,5,18-19H2. The molecule has 0 spiro atoms. The van der Waals surface area contributed by atoms with E-state index < -0.39 is 11.9 Å². The van der Waals surface area contributed by atoms with Crippen LogP contribution in [-0.2, 0) is 6.42 Å². The molecule has 3 nitrogen and oxygen atoms in total. The molecular weight excluding hydrogens is 328 g/mol. The summed E-state index contributed by atoms with van der Waals surface area (Å²) in [5.74, 6) is 4.73. The Hall–Kier alpha value is -1.50. The van der Waals surface area contributed by atoms with Gasteiger partial charge in [0, 0.05) is 10.2 Å². The quantitative estimate of drug-likeness (QED) is 0.455. The second-order valence-electron chi connectivity index (χ2n) is 4.43. The van der Waals surface area contributed by atoms with Crippen molar-refractivity contribution in [1.82, 2.24) is 5.43 Å². The summed E-state index contributed by atoms with van der Waals surface area (Å²) in [5, 5.41) is 0. The highest BCUT2D eigenvalue weighted by Gasteiger charge is 2.16. The maximum atomic E-state index is 13.8. The van der Waals surface area contributed by atoms with Crippen LogP contribution in [0, 0.1) is 11.6 Å². The molecule has 2 rings (SSSR count). The van der Waals surface area contributed by atoms with Crippen LogP contribution in [-0.4, -0.2) is 0 Å². The van der Waals surface area contributed by atoms with Gasteiger partial charge in [0.1, 0.15) is 11.6 Å². The molecule has 106 valence electrons. The predicted molar refractivity (Wildman–Crippen MR) is 78.7 cm³/mol. The van der Waals surface area contributed by atoms with Gasteiger partial charge >= 0.3 is 0 Å². The lowest BCUT2D eigenvalue weighted by molar-refractivity contribution is 0.525. The molecule has 0 amide bonds. The third kappa shape index (κ3) is 3.33. The van der Waals surface area contributed by atoms with Gasteiger partial charge in [0.25, 0.3) is 0 Å². The van der Waals surface area contributed by atoms with E-state index in [9.17, 15) is 8.78 Å². The first-order valence-electron chi connectivity index (χ1n) is 5.96. The van der Waals surface area contributed by atoms with Gasteiger partial charge in [-0.1, -0.05) is 22.0 Å². The molecule has 0 fully saturated rings. The summed E-state index contributed by atoms with van der Waals surface area (Å²) < 4.78 is 27.8. The minimum Gasteiger partial charge on any atom is -0.398 e. The van der Waals surface area contributed by atoms with E-state index >= 15 is 0 Å². The smallest absolute Gasteiger partial charge is 0.127 e. The molecule has 0 saturated heterocycles. The van der Waals surface area contributed by atoms with Crippen molar-refractivity contribution >= 4 is 21.6 Å². The van der Waals surface area contributed by atoms with Crippen LogP contribution in [0.5, 0.6) is 0 Å². The van der Waals surface area contributed by atoms with Crippen molar-refractivity contribution in [3.8, 4) is 0 Å². The van der Waals surface area contributed by atoms with E-state index in [4.69, 9.17) is 11.6 Å². The number of nitrogens with one attached hydrogen (secondary N) is 1. The first kappa shape index (κ1) is 14.9. The van der Waals surface area contributed by atoms with Crippen molar-refractivity contribution in [3.05, 3.63) is 63.6 Å². The summed E-state index contributed by atoms with van der Waals surface area (Å²) in [4.78, 5) is 0. The van der Waals surface area contributed by atoms with Crippen LogP contribution < -0.4 is 17.0 Å². The van der Waals surface area contributed by atoms with Crippen LogP contribution in [0.3, 0.4) is 0 Å². The fourth-order valence-corrected chi connectivity index (χ4v) is 2.35. The normalized spacial score (nSPS) is 12.4. The van der Waals surface area contributed by atoms with Gasteiger partial charge in [0.2, 0.25) is 0 Å². The average molecular weight is 342 g/mol. The van der Waals surface area contributed by atoms with Crippen LogP contribution in [0.25, 0.3) is 0 Å². The molecule has 0 aromatic heterocycles. The number of anilines is 1. The lowest BCUT2D eigenvalue weighted by Gasteiger charge is -2.19. The van der Waals surface area contributed by atoms with Gasteiger partial charge in [0.05, 0.1) is 6.04 Å². The molecule has 0 heterocycles. The molecule has 2 aromatic rings. The number of hydrogen-bond acceptors (Lipinski definition) is 3. The molecular formula is C14H14BrF2N3. The van der Waals surface area contributed by atoms with Gasteiger partial charge in [-0.2, -0.15) is 0 Å². The third-order valence-electron chi connectivity index (χ3n) is 3.06. The Labute approximate surface area is 124 Å². The van der Waals surface area contributed by atoms with Crippen LogP contribution in [0.1, 0.15) is 17.2 Å². The van der Waals surface area contributed by atoms with E-state index in [1.54, 1.807) is 12.1 Å². The highest BCUT2D eigenvalue weighted by molar-refractivity contribution is 9.10. The van der Waals surface area contributed by atoms with Gasteiger partial charge < -0.3 is 5.73 Å². The summed E-state index contributed by atoms with van der Waals surface area (Å²) in [7, 11) is 0. The van der Waals surface area contributed by atoms with E-state index in [0.717, 1.165) is 0 Å². The van der Waals surface area contributed by atoms with Crippen molar-refractivity contribution in [3.63, 3.8) is 0 Å². The van der Waals surface area contributed by atoms with Gasteiger partial charge in [-0.25, -0.2) is 8.78 Å².